The molecule has 2 aromatic rings. The van der Waals surface area contributed by atoms with Crippen LogP contribution in [0.5, 0.6) is 11.5 Å². The van der Waals surface area contributed by atoms with Gasteiger partial charge in [0.2, 0.25) is 0 Å². The lowest BCUT2D eigenvalue weighted by molar-refractivity contribution is -0.117. The van der Waals surface area contributed by atoms with Gasteiger partial charge >= 0.3 is 0 Å². The predicted octanol–water partition coefficient (Wildman–Crippen LogP) is 2.27. The highest BCUT2D eigenvalue weighted by Crippen LogP contribution is 2.12. The van der Waals surface area contributed by atoms with Gasteiger partial charge in [-0.1, -0.05) is 12.1 Å². The number of hydrogen-bond acceptors (Lipinski definition) is 4. The minimum Gasteiger partial charge on any atom is -0.508 e. The van der Waals surface area contributed by atoms with Crippen LogP contribution in [0.4, 0.5) is 0 Å². The maximum Gasteiger partial charge on any atom is 0.269 e. The van der Waals surface area contributed by atoms with Gasteiger partial charge in [-0.3, -0.25) is 20.4 Å². The molecule has 2 aromatic carbocycles. The second-order valence-corrected chi connectivity index (χ2v) is 4.83. The molecule has 0 aromatic heterocycles. The first kappa shape index (κ1) is 17.1. The highest BCUT2D eigenvalue weighted by molar-refractivity contribution is 5.97. The quantitative estimate of drug-likeness (QED) is 0.581. The fourth-order valence-electron chi connectivity index (χ4n) is 1.86. The van der Waals surface area contributed by atoms with E-state index in [0.29, 0.717) is 17.9 Å². The van der Waals surface area contributed by atoms with Gasteiger partial charge in [0.15, 0.2) is 0 Å². The molecule has 3 N–H and O–H groups in total. The Morgan fingerprint density at radius 2 is 1.71 bits per heavy atom. The maximum atomic E-state index is 11.9. The summed E-state index contributed by atoms with van der Waals surface area (Å²) in [5, 5.41) is 9.18. The van der Waals surface area contributed by atoms with Crippen LogP contribution in [0.2, 0.25) is 0 Å². The number of phenols is 1. The number of carbonyl (C=O) groups excluding carboxylic acids is 2. The first-order valence-electron chi connectivity index (χ1n) is 7.39. The van der Waals surface area contributed by atoms with Crippen LogP contribution < -0.4 is 15.6 Å². The number of hydrogen-bond donors (Lipinski definition) is 3. The molecule has 0 radical (unpaired) electrons. The molecule has 0 saturated heterocycles. The van der Waals surface area contributed by atoms with Crippen molar-refractivity contribution >= 4 is 17.9 Å². The number of carbonyl (C=O) groups is 2. The average Bonchev–Trinajstić information content (AvgIpc) is 2.60. The van der Waals surface area contributed by atoms with Gasteiger partial charge in [0.05, 0.1) is 6.61 Å². The Kier molecular flexibility index (Phi) is 5.96. The lowest BCUT2D eigenvalue weighted by Crippen LogP contribution is -2.40. The number of aromatic hydroxyl groups is 1. The SMILES string of the molecule is CCOc1ccc(C(=O)NNC(=O)C=Cc2ccc(O)cc2)cc1. The molecule has 2 rings (SSSR count). The number of phenolic OH excluding ortho intramolecular Hbond substituents is 1. The molecule has 0 aliphatic heterocycles. The largest absolute Gasteiger partial charge is 0.508 e. The van der Waals surface area contributed by atoms with Crippen molar-refractivity contribution < 1.29 is 19.4 Å². The van der Waals surface area contributed by atoms with Crippen molar-refractivity contribution in [2.45, 2.75) is 6.92 Å². The van der Waals surface area contributed by atoms with Crippen LogP contribution in [-0.4, -0.2) is 23.5 Å². The zero-order valence-corrected chi connectivity index (χ0v) is 13.2. The number of benzene rings is 2. The first-order chi connectivity index (χ1) is 11.6. The fraction of sp³-hybridized carbons (Fsp3) is 0.111. The molecule has 2 amide bonds. The van der Waals surface area contributed by atoms with Gasteiger partial charge in [-0.05, 0) is 55.0 Å². The van der Waals surface area contributed by atoms with Crippen LogP contribution in [-0.2, 0) is 4.79 Å². The Hall–Kier alpha value is -3.28. The van der Waals surface area contributed by atoms with Crippen LogP contribution in [0.3, 0.4) is 0 Å². The summed E-state index contributed by atoms with van der Waals surface area (Å²) in [5.74, 6) is -0.0686. The van der Waals surface area contributed by atoms with Gasteiger partial charge in [0.25, 0.3) is 11.8 Å². The summed E-state index contributed by atoms with van der Waals surface area (Å²) in [4.78, 5) is 23.6. The minimum absolute atomic E-state index is 0.152. The lowest BCUT2D eigenvalue weighted by atomic mass is 10.2. The zero-order chi connectivity index (χ0) is 17.4. The van der Waals surface area contributed by atoms with Crippen molar-refractivity contribution in [3.8, 4) is 11.5 Å². The zero-order valence-electron chi connectivity index (χ0n) is 13.2. The molecule has 0 atom stereocenters. The summed E-state index contributed by atoms with van der Waals surface area (Å²) in [7, 11) is 0. The molecule has 0 saturated carbocycles. The summed E-state index contributed by atoms with van der Waals surface area (Å²) in [6.45, 7) is 2.43. The van der Waals surface area contributed by atoms with Crippen molar-refractivity contribution in [3.63, 3.8) is 0 Å². The third kappa shape index (κ3) is 5.17. The standard InChI is InChI=1S/C18H18N2O4/c1-2-24-16-10-6-14(7-11-16)18(23)20-19-17(22)12-5-13-3-8-15(21)9-4-13/h3-12,21H,2H2,1H3,(H,19,22)(H,20,23). The summed E-state index contributed by atoms with van der Waals surface area (Å²) in [6, 6.07) is 13.0. The molecule has 124 valence electrons. The van der Waals surface area contributed by atoms with Gasteiger partial charge in [-0.15, -0.1) is 0 Å². The normalized spacial score (nSPS) is 10.4. The molecule has 6 heteroatoms. The van der Waals surface area contributed by atoms with E-state index in [0.717, 1.165) is 5.56 Å². The minimum atomic E-state index is -0.470. The van der Waals surface area contributed by atoms with Crippen LogP contribution in [0.1, 0.15) is 22.8 Å². The van der Waals surface area contributed by atoms with E-state index < -0.39 is 11.8 Å². The van der Waals surface area contributed by atoms with E-state index in [-0.39, 0.29) is 5.75 Å². The third-order valence-corrected chi connectivity index (χ3v) is 3.05. The Labute approximate surface area is 139 Å². The van der Waals surface area contributed by atoms with Crippen LogP contribution in [0.25, 0.3) is 6.08 Å². The van der Waals surface area contributed by atoms with E-state index in [4.69, 9.17) is 4.74 Å². The van der Waals surface area contributed by atoms with Crippen molar-refractivity contribution in [2.75, 3.05) is 6.61 Å². The van der Waals surface area contributed by atoms with E-state index in [9.17, 15) is 14.7 Å². The molecule has 0 spiro atoms. The van der Waals surface area contributed by atoms with Gasteiger partial charge in [-0.25, -0.2) is 0 Å². The highest BCUT2D eigenvalue weighted by Gasteiger charge is 2.06. The Morgan fingerprint density at radius 1 is 1.04 bits per heavy atom. The van der Waals surface area contributed by atoms with Gasteiger partial charge in [0, 0.05) is 11.6 Å². The monoisotopic (exact) mass is 326 g/mol. The number of rotatable bonds is 5. The van der Waals surface area contributed by atoms with Gasteiger partial charge in [0.1, 0.15) is 11.5 Å². The number of nitrogens with one attached hydrogen (secondary N) is 2. The molecular weight excluding hydrogens is 308 g/mol. The topological polar surface area (TPSA) is 87.7 Å². The molecule has 0 heterocycles. The van der Waals surface area contributed by atoms with Crippen molar-refractivity contribution in [3.05, 3.63) is 65.7 Å². The Balaban J connectivity index is 1.84. The smallest absolute Gasteiger partial charge is 0.269 e. The molecular formula is C18H18N2O4. The molecule has 6 nitrogen and oxygen atoms in total. The molecule has 0 bridgehead atoms. The Bertz CT molecular complexity index is 722. The predicted molar refractivity (Wildman–Crippen MR) is 90.4 cm³/mol. The van der Waals surface area contributed by atoms with E-state index >= 15 is 0 Å². The second-order valence-electron chi connectivity index (χ2n) is 4.83. The molecule has 0 aliphatic carbocycles. The van der Waals surface area contributed by atoms with Crippen molar-refractivity contribution in [1.82, 2.24) is 10.9 Å². The summed E-state index contributed by atoms with van der Waals surface area (Å²) < 4.78 is 5.29. The van der Waals surface area contributed by atoms with E-state index in [2.05, 4.69) is 10.9 Å². The second kappa shape index (κ2) is 8.38. The van der Waals surface area contributed by atoms with E-state index in [1.54, 1.807) is 42.5 Å². The molecule has 0 unspecified atom stereocenters. The lowest BCUT2D eigenvalue weighted by Gasteiger charge is -2.06. The third-order valence-electron chi connectivity index (χ3n) is 3.05. The van der Waals surface area contributed by atoms with E-state index in [1.807, 2.05) is 6.92 Å². The van der Waals surface area contributed by atoms with Crippen LogP contribution in [0.15, 0.2) is 54.6 Å². The van der Waals surface area contributed by atoms with Crippen LogP contribution >= 0.6 is 0 Å². The number of hydrazine groups is 1. The Morgan fingerprint density at radius 3 is 2.33 bits per heavy atom. The molecule has 24 heavy (non-hydrogen) atoms. The van der Waals surface area contributed by atoms with Gasteiger partial charge < -0.3 is 9.84 Å². The molecule has 0 fully saturated rings. The van der Waals surface area contributed by atoms with Crippen molar-refractivity contribution in [1.29, 1.82) is 0 Å². The highest BCUT2D eigenvalue weighted by atomic mass is 16.5. The van der Waals surface area contributed by atoms with Gasteiger partial charge in [-0.2, -0.15) is 0 Å². The maximum absolute atomic E-state index is 11.9. The summed E-state index contributed by atoms with van der Waals surface area (Å²) in [5.41, 5.74) is 5.78. The molecule has 0 aliphatic rings. The van der Waals surface area contributed by atoms with Crippen molar-refractivity contribution in [2.24, 2.45) is 0 Å². The number of amides is 2. The summed E-state index contributed by atoms with van der Waals surface area (Å²) in [6.07, 6.45) is 2.85. The van der Waals surface area contributed by atoms with Crippen LogP contribution in [0, 0.1) is 0 Å². The summed E-state index contributed by atoms with van der Waals surface area (Å²) >= 11 is 0. The average molecular weight is 326 g/mol. The first-order valence-corrected chi connectivity index (χ1v) is 7.39. The number of ether oxygens (including phenoxy) is 1. The fourth-order valence-corrected chi connectivity index (χ4v) is 1.86. The van der Waals surface area contributed by atoms with E-state index in [1.165, 1.54) is 18.2 Å².